The maximum atomic E-state index is 12.1. The van der Waals surface area contributed by atoms with E-state index < -0.39 is 12.0 Å². The van der Waals surface area contributed by atoms with Gasteiger partial charge < -0.3 is 15.8 Å². The Balaban J connectivity index is 2.00. The Morgan fingerprint density at radius 1 is 1.22 bits per heavy atom. The molecule has 0 heterocycles. The van der Waals surface area contributed by atoms with Crippen LogP contribution in [-0.4, -0.2) is 17.9 Å². The van der Waals surface area contributed by atoms with E-state index in [0.29, 0.717) is 11.6 Å². The van der Waals surface area contributed by atoms with Gasteiger partial charge in [0, 0.05) is 11.6 Å². The maximum absolute atomic E-state index is 12.1. The van der Waals surface area contributed by atoms with Crippen molar-refractivity contribution in [2.45, 2.75) is 19.6 Å². The van der Waals surface area contributed by atoms with Crippen molar-refractivity contribution >= 4 is 23.4 Å². The lowest BCUT2D eigenvalue weighted by Gasteiger charge is -2.16. The first-order chi connectivity index (χ1) is 11.0. The molecule has 0 bridgehead atoms. The van der Waals surface area contributed by atoms with Crippen molar-refractivity contribution in [2.24, 2.45) is 5.73 Å². The molecule has 3 N–H and O–H groups in total. The Morgan fingerprint density at radius 3 is 2.57 bits per heavy atom. The molecule has 5 nitrogen and oxygen atoms in total. The monoisotopic (exact) mass is 332 g/mol. The molecule has 23 heavy (non-hydrogen) atoms. The number of rotatable bonds is 6. The number of nitrogens with one attached hydrogen (secondary N) is 1. The Hall–Kier alpha value is -2.53. The lowest BCUT2D eigenvalue weighted by atomic mass is 10.2. The molecule has 0 aliphatic heterocycles. The summed E-state index contributed by atoms with van der Waals surface area (Å²) in [6, 6.07) is 14.0. The van der Waals surface area contributed by atoms with Crippen molar-refractivity contribution in [2.75, 3.05) is 0 Å². The largest absolute Gasteiger partial charge is 0.480 e. The van der Waals surface area contributed by atoms with Gasteiger partial charge in [0.25, 0.3) is 11.8 Å². The molecule has 1 atom stereocenters. The third-order valence-corrected chi connectivity index (χ3v) is 3.42. The van der Waals surface area contributed by atoms with Crippen LogP contribution in [0.2, 0.25) is 5.02 Å². The summed E-state index contributed by atoms with van der Waals surface area (Å²) in [5.74, 6) is -0.733. The number of carbonyl (C=O) groups excluding carboxylic acids is 2. The molecule has 0 aromatic heterocycles. The summed E-state index contributed by atoms with van der Waals surface area (Å²) in [7, 11) is 0. The first kappa shape index (κ1) is 16.8. The Kier molecular flexibility index (Phi) is 5.60. The molecule has 6 heteroatoms. The van der Waals surface area contributed by atoms with Crippen molar-refractivity contribution in [3.63, 3.8) is 0 Å². The number of amides is 2. The number of halogens is 1. The van der Waals surface area contributed by atoms with Crippen LogP contribution in [-0.2, 0) is 11.3 Å². The van der Waals surface area contributed by atoms with E-state index in [0.717, 1.165) is 5.56 Å². The van der Waals surface area contributed by atoms with E-state index in [-0.39, 0.29) is 17.2 Å². The zero-order valence-electron chi connectivity index (χ0n) is 12.6. The van der Waals surface area contributed by atoms with Crippen molar-refractivity contribution in [3.8, 4) is 5.75 Å². The fourth-order valence-electron chi connectivity index (χ4n) is 1.97. The SMILES string of the molecule is C[C@@H](Oc1ccc(Cl)cc1C(N)=O)C(=O)NCc1ccccc1. The first-order valence-corrected chi connectivity index (χ1v) is 7.43. The zero-order valence-corrected chi connectivity index (χ0v) is 13.3. The van der Waals surface area contributed by atoms with Gasteiger partial charge in [0.2, 0.25) is 0 Å². The van der Waals surface area contributed by atoms with Gasteiger partial charge in [0.15, 0.2) is 6.10 Å². The summed E-state index contributed by atoms with van der Waals surface area (Å²) < 4.78 is 5.54. The summed E-state index contributed by atoms with van der Waals surface area (Å²) in [5.41, 5.74) is 6.41. The summed E-state index contributed by atoms with van der Waals surface area (Å²) >= 11 is 5.83. The smallest absolute Gasteiger partial charge is 0.261 e. The highest BCUT2D eigenvalue weighted by Crippen LogP contribution is 2.23. The second kappa shape index (κ2) is 7.65. The fraction of sp³-hybridized carbons (Fsp3) is 0.176. The molecule has 0 saturated heterocycles. The van der Waals surface area contributed by atoms with Gasteiger partial charge >= 0.3 is 0 Å². The van der Waals surface area contributed by atoms with Gasteiger partial charge in [-0.05, 0) is 30.7 Å². The van der Waals surface area contributed by atoms with E-state index in [2.05, 4.69) is 5.32 Å². The van der Waals surface area contributed by atoms with Crippen LogP contribution in [0.25, 0.3) is 0 Å². The number of benzene rings is 2. The van der Waals surface area contributed by atoms with Crippen LogP contribution in [0.5, 0.6) is 5.75 Å². The second-order valence-electron chi connectivity index (χ2n) is 4.97. The number of carbonyl (C=O) groups is 2. The Morgan fingerprint density at radius 2 is 1.91 bits per heavy atom. The zero-order chi connectivity index (χ0) is 16.8. The molecule has 2 rings (SSSR count). The standard InChI is InChI=1S/C17H17ClN2O3/c1-11(17(22)20-10-12-5-3-2-4-6-12)23-15-8-7-13(18)9-14(15)16(19)21/h2-9,11H,10H2,1H3,(H2,19,21)(H,20,22)/t11-/m1/s1. The van der Waals surface area contributed by atoms with Crippen LogP contribution in [0, 0.1) is 0 Å². The molecular weight excluding hydrogens is 316 g/mol. The number of hydrogen-bond donors (Lipinski definition) is 2. The van der Waals surface area contributed by atoms with Crippen molar-refractivity contribution in [1.29, 1.82) is 0 Å². The number of nitrogens with two attached hydrogens (primary N) is 1. The molecule has 0 aliphatic carbocycles. The highest BCUT2D eigenvalue weighted by Gasteiger charge is 2.18. The van der Waals surface area contributed by atoms with Crippen LogP contribution in [0.4, 0.5) is 0 Å². The molecule has 120 valence electrons. The molecule has 0 fully saturated rings. The maximum Gasteiger partial charge on any atom is 0.261 e. The number of primary amides is 1. The van der Waals surface area contributed by atoms with Crippen LogP contribution >= 0.6 is 11.6 Å². The second-order valence-corrected chi connectivity index (χ2v) is 5.40. The summed E-state index contributed by atoms with van der Waals surface area (Å²) in [6.07, 6.45) is -0.780. The molecule has 0 saturated carbocycles. The average molecular weight is 333 g/mol. The van der Waals surface area contributed by atoms with Crippen LogP contribution in [0.1, 0.15) is 22.8 Å². The van der Waals surface area contributed by atoms with Crippen LogP contribution in [0.15, 0.2) is 48.5 Å². The van der Waals surface area contributed by atoms with Crippen LogP contribution < -0.4 is 15.8 Å². The molecular formula is C17H17ClN2O3. The minimum absolute atomic E-state index is 0.139. The van der Waals surface area contributed by atoms with E-state index in [4.69, 9.17) is 22.1 Å². The summed E-state index contributed by atoms with van der Waals surface area (Å²) in [5, 5.41) is 3.14. The number of ether oxygens (including phenoxy) is 1. The van der Waals surface area contributed by atoms with Gasteiger partial charge in [-0.15, -0.1) is 0 Å². The number of hydrogen-bond acceptors (Lipinski definition) is 3. The van der Waals surface area contributed by atoms with Gasteiger partial charge in [-0.25, -0.2) is 0 Å². The third kappa shape index (κ3) is 4.72. The van der Waals surface area contributed by atoms with Gasteiger partial charge in [0.1, 0.15) is 5.75 Å². The lowest BCUT2D eigenvalue weighted by Crippen LogP contribution is -2.36. The normalized spacial score (nSPS) is 11.6. The van der Waals surface area contributed by atoms with E-state index >= 15 is 0 Å². The molecule has 0 aliphatic rings. The minimum atomic E-state index is -0.780. The predicted molar refractivity (Wildman–Crippen MR) is 88.3 cm³/mol. The molecule has 2 amide bonds. The van der Waals surface area contributed by atoms with Gasteiger partial charge in [0.05, 0.1) is 5.56 Å². The lowest BCUT2D eigenvalue weighted by molar-refractivity contribution is -0.127. The third-order valence-electron chi connectivity index (χ3n) is 3.19. The van der Waals surface area contributed by atoms with E-state index in [1.807, 2.05) is 30.3 Å². The summed E-state index contributed by atoms with van der Waals surface area (Å²) in [6.45, 7) is 2.00. The quantitative estimate of drug-likeness (QED) is 0.852. The first-order valence-electron chi connectivity index (χ1n) is 7.05. The van der Waals surface area contributed by atoms with E-state index in [1.165, 1.54) is 12.1 Å². The van der Waals surface area contributed by atoms with Crippen molar-refractivity contribution in [3.05, 3.63) is 64.7 Å². The minimum Gasteiger partial charge on any atom is -0.480 e. The molecule has 0 spiro atoms. The van der Waals surface area contributed by atoms with Crippen molar-refractivity contribution in [1.82, 2.24) is 5.32 Å². The van der Waals surface area contributed by atoms with Crippen LogP contribution in [0.3, 0.4) is 0 Å². The molecule has 0 unspecified atom stereocenters. The Bertz CT molecular complexity index is 704. The average Bonchev–Trinajstić information content (AvgIpc) is 2.55. The topological polar surface area (TPSA) is 81.4 Å². The molecule has 2 aromatic carbocycles. The Labute approximate surface area is 139 Å². The molecule has 2 aromatic rings. The van der Waals surface area contributed by atoms with Gasteiger partial charge in [-0.3, -0.25) is 9.59 Å². The van der Waals surface area contributed by atoms with Gasteiger partial charge in [-0.2, -0.15) is 0 Å². The summed E-state index contributed by atoms with van der Waals surface area (Å²) in [4.78, 5) is 23.5. The van der Waals surface area contributed by atoms with Gasteiger partial charge in [-0.1, -0.05) is 41.9 Å². The fourth-order valence-corrected chi connectivity index (χ4v) is 2.14. The van der Waals surface area contributed by atoms with Crippen molar-refractivity contribution < 1.29 is 14.3 Å². The highest BCUT2D eigenvalue weighted by molar-refractivity contribution is 6.31. The molecule has 0 radical (unpaired) electrons. The highest BCUT2D eigenvalue weighted by atomic mass is 35.5. The van der Waals surface area contributed by atoms with E-state index in [9.17, 15) is 9.59 Å². The van der Waals surface area contributed by atoms with E-state index in [1.54, 1.807) is 13.0 Å². The predicted octanol–water partition coefficient (Wildman–Crippen LogP) is 2.52.